The van der Waals surface area contributed by atoms with E-state index in [4.69, 9.17) is 11.6 Å². The highest BCUT2D eigenvalue weighted by Gasteiger charge is 2.17. The number of hydrogen-bond acceptors (Lipinski definition) is 4. The summed E-state index contributed by atoms with van der Waals surface area (Å²) >= 11 is 5.97. The zero-order valence-electron chi connectivity index (χ0n) is 15.6. The number of rotatable bonds is 8. The van der Waals surface area contributed by atoms with Gasteiger partial charge in [-0.05, 0) is 24.1 Å². The molecule has 2 aromatic carbocycles. The summed E-state index contributed by atoms with van der Waals surface area (Å²) in [5.74, 6) is -0.547. The molecule has 9 heteroatoms. The van der Waals surface area contributed by atoms with E-state index in [1.807, 2.05) is 31.2 Å². The maximum absolute atomic E-state index is 12.2. The Labute approximate surface area is 167 Å². The molecule has 0 spiro atoms. The molecule has 28 heavy (non-hydrogen) atoms. The van der Waals surface area contributed by atoms with Gasteiger partial charge in [-0.15, -0.1) is 0 Å². The highest BCUT2D eigenvalue weighted by molar-refractivity contribution is 6.34. The number of amides is 2. The Morgan fingerprint density at radius 1 is 1.07 bits per heavy atom. The highest BCUT2D eigenvalue weighted by Crippen LogP contribution is 2.26. The molecule has 2 aromatic rings. The topological polar surface area (TPSA) is 106 Å². The highest BCUT2D eigenvalue weighted by atomic mass is 35.5. The van der Waals surface area contributed by atoms with E-state index in [0.29, 0.717) is 4.90 Å². The van der Waals surface area contributed by atoms with Crippen LogP contribution in [0.25, 0.3) is 0 Å². The molecule has 0 radical (unpaired) electrons. The van der Waals surface area contributed by atoms with Crippen molar-refractivity contribution < 1.29 is 19.4 Å². The normalized spacial score (nSPS) is 11.5. The Morgan fingerprint density at radius 2 is 1.68 bits per heavy atom. The van der Waals surface area contributed by atoms with Crippen LogP contribution < -0.4 is 15.5 Å². The third-order valence-corrected chi connectivity index (χ3v) is 4.35. The van der Waals surface area contributed by atoms with E-state index in [2.05, 4.69) is 10.6 Å². The molecule has 2 rings (SSSR count). The van der Waals surface area contributed by atoms with Gasteiger partial charge < -0.3 is 15.5 Å². The number of halogens is 1. The maximum atomic E-state index is 12.2. The van der Waals surface area contributed by atoms with Crippen LogP contribution in [0.2, 0.25) is 5.02 Å². The molecule has 0 aromatic heterocycles. The predicted molar refractivity (Wildman–Crippen MR) is 108 cm³/mol. The fraction of sp³-hybridized carbons (Fsp3) is 0.263. The molecule has 3 N–H and O–H groups in total. The molecule has 0 heterocycles. The molecule has 0 bridgehead atoms. The third kappa shape index (κ3) is 6.04. The largest absolute Gasteiger partial charge is 0.322 e. The first kappa shape index (κ1) is 21.3. The van der Waals surface area contributed by atoms with E-state index in [-0.39, 0.29) is 41.3 Å². The van der Waals surface area contributed by atoms with Crippen molar-refractivity contribution in [1.29, 1.82) is 0 Å². The van der Waals surface area contributed by atoms with Crippen molar-refractivity contribution in [2.24, 2.45) is 0 Å². The second-order valence-electron chi connectivity index (χ2n) is 6.34. The van der Waals surface area contributed by atoms with Crippen LogP contribution in [0.5, 0.6) is 0 Å². The summed E-state index contributed by atoms with van der Waals surface area (Å²) in [6.45, 7) is 2.16. The zero-order valence-corrected chi connectivity index (χ0v) is 16.4. The Morgan fingerprint density at radius 3 is 2.25 bits per heavy atom. The smallest absolute Gasteiger partial charge is 0.279 e. The Hall–Kier alpha value is -2.97. The number of carbonyl (C=O) groups excluding carboxylic acids is 2. The second kappa shape index (κ2) is 9.82. The van der Waals surface area contributed by atoms with E-state index in [0.717, 1.165) is 17.7 Å². The lowest BCUT2D eigenvalue weighted by Crippen LogP contribution is -3.11. The monoisotopic (exact) mass is 405 g/mol. The van der Waals surface area contributed by atoms with Crippen LogP contribution in [0.4, 0.5) is 17.1 Å². The molecule has 1 atom stereocenters. The molecule has 8 nitrogen and oxygen atoms in total. The van der Waals surface area contributed by atoms with Crippen LogP contribution in [0.3, 0.4) is 0 Å². The van der Waals surface area contributed by atoms with Crippen LogP contribution >= 0.6 is 11.6 Å². The molecule has 1 unspecified atom stereocenters. The minimum absolute atomic E-state index is 0.0379. The van der Waals surface area contributed by atoms with Crippen molar-refractivity contribution in [1.82, 2.24) is 0 Å². The second-order valence-corrected chi connectivity index (χ2v) is 6.75. The van der Waals surface area contributed by atoms with E-state index >= 15 is 0 Å². The Kier molecular flexibility index (Phi) is 7.48. The number of likely N-dealkylation sites (N-methyl/N-ethyl adjacent to an activating group) is 1. The van der Waals surface area contributed by atoms with Crippen molar-refractivity contribution in [3.8, 4) is 0 Å². The quantitative estimate of drug-likeness (QED) is 0.460. The molecule has 0 saturated carbocycles. The van der Waals surface area contributed by atoms with Gasteiger partial charge in [0.05, 0.1) is 22.7 Å². The first-order valence-corrected chi connectivity index (χ1v) is 9.10. The summed E-state index contributed by atoms with van der Waals surface area (Å²) in [5.41, 5.74) is 1.94. The van der Waals surface area contributed by atoms with Crippen molar-refractivity contribution in [3.63, 3.8) is 0 Å². The van der Waals surface area contributed by atoms with Gasteiger partial charge in [0, 0.05) is 17.8 Å². The number of hydrogen-bond donors (Lipinski definition) is 3. The number of nitro benzene ring substituents is 1. The number of benzene rings is 2. The summed E-state index contributed by atoms with van der Waals surface area (Å²) in [6, 6.07) is 11.4. The standard InChI is InChI=1S/C19H21ClN4O4/c1-3-13-6-4-5-7-16(13)21-18(25)11-23(2)12-19(26)22-17-9-8-14(24(27)28)10-15(17)20/h4-10H,3,11-12H2,1-2H3,(H,21,25)(H,22,26)/p+1. The number of aryl methyl sites for hydroxylation is 1. The number of para-hydroxylation sites is 1. The fourth-order valence-electron chi connectivity index (χ4n) is 2.67. The molecular weight excluding hydrogens is 384 g/mol. The van der Waals surface area contributed by atoms with Gasteiger partial charge in [-0.1, -0.05) is 36.7 Å². The van der Waals surface area contributed by atoms with Crippen LogP contribution in [-0.4, -0.2) is 36.9 Å². The number of quaternary nitrogens is 1. The molecule has 0 aliphatic heterocycles. The summed E-state index contributed by atoms with van der Waals surface area (Å²) in [6.07, 6.45) is 0.803. The van der Waals surface area contributed by atoms with Crippen molar-refractivity contribution >= 4 is 40.5 Å². The zero-order chi connectivity index (χ0) is 20.7. The third-order valence-electron chi connectivity index (χ3n) is 4.03. The van der Waals surface area contributed by atoms with Crippen molar-refractivity contribution in [3.05, 3.63) is 63.2 Å². The minimum Gasteiger partial charge on any atom is -0.322 e. The van der Waals surface area contributed by atoms with E-state index in [9.17, 15) is 19.7 Å². The summed E-state index contributed by atoms with van der Waals surface area (Å²) < 4.78 is 0. The number of carbonyl (C=O) groups is 2. The van der Waals surface area contributed by atoms with Gasteiger partial charge in [0.15, 0.2) is 13.1 Å². The van der Waals surface area contributed by atoms with Gasteiger partial charge in [0.25, 0.3) is 17.5 Å². The number of non-ortho nitro benzene ring substituents is 1. The predicted octanol–water partition coefficient (Wildman–Crippen LogP) is 1.90. The van der Waals surface area contributed by atoms with Crippen LogP contribution in [0.1, 0.15) is 12.5 Å². The average molecular weight is 406 g/mol. The minimum atomic E-state index is -0.565. The number of anilines is 2. The average Bonchev–Trinajstić information content (AvgIpc) is 2.63. The van der Waals surface area contributed by atoms with Crippen LogP contribution in [0.15, 0.2) is 42.5 Å². The Balaban J connectivity index is 1.88. The molecule has 0 saturated heterocycles. The molecule has 0 fully saturated rings. The maximum Gasteiger partial charge on any atom is 0.279 e. The van der Waals surface area contributed by atoms with Crippen LogP contribution in [-0.2, 0) is 16.0 Å². The summed E-state index contributed by atoms with van der Waals surface area (Å²) in [4.78, 5) is 35.3. The first-order chi connectivity index (χ1) is 13.3. The first-order valence-electron chi connectivity index (χ1n) is 8.73. The van der Waals surface area contributed by atoms with Crippen LogP contribution in [0, 0.1) is 10.1 Å². The molecule has 148 valence electrons. The van der Waals surface area contributed by atoms with Crippen molar-refractivity contribution in [2.45, 2.75) is 13.3 Å². The molecule has 0 aliphatic rings. The van der Waals surface area contributed by atoms with Gasteiger partial charge in [0.1, 0.15) is 0 Å². The SMILES string of the molecule is CCc1ccccc1NC(=O)C[NH+](C)CC(=O)Nc1ccc([N+](=O)[O-])cc1Cl. The van der Waals surface area contributed by atoms with Crippen molar-refractivity contribution in [2.75, 3.05) is 30.8 Å². The number of nitro groups is 1. The fourth-order valence-corrected chi connectivity index (χ4v) is 2.89. The molecule has 0 aliphatic carbocycles. The number of nitrogens with zero attached hydrogens (tertiary/aromatic N) is 1. The van der Waals surface area contributed by atoms with Gasteiger partial charge in [0.2, 0.25) is 0 Å². The Bertz CT molecular complexity index is 888. The molecule has 2 amide bonds. The summed E-state index contributed by atoms with van der Waals surface area (Å²) in [5, 5.41) is 16.3. The number of nitrogens with one attached hydrogen (secondary N) is 3. The van der Waals surface area contributed by atoms with E-state index in [1.54, 1.807) is 7.05 Å². The summed E-state index contributed by atoms with van der Waals surface area (Å²) in [7, 11) is 1.72. The lowest BCUT2D eigenvalue weighted by Gasteiger charge is -2.15. The van der Waals surface area contributed by atoms with Gasteiger partial charge in [-0.2, -0.15) is 0 Å². The van der Waals surface area contributed by atoms with Gasteiger partial charge in [-0.3, -0.25) is 19.7 Å². The lowest BCUT2D eigenvalue weighted by atomic mass is 10.1. The van der Waals surface area contributed by atoms with Gasteiger partial charge >= 0.3 is 0 Å². The van der Waals surface area contributed by atoms with E-state index < -0.39 is 4.92 Å². The van der Waals surface area contributed by atoms with Gasteiger partial charge in [-0.25, -0.2) is 0 Å². The van der Waals surface area contributed by atoms with E-state index in [1.165, 1.54) is 18.2 Å². The molecular formula is C19H22ClN4O4+. The lowest BCUT2D eigenvalue weighted by molar-refractivity contribution is -0.862.